The Morgan fingerprint density at radius 3 is 2.20 bits per heavy atom. The summed E-state index contributed by atoms with van der Waals surface area (Å²) in [4.78, 5) is 24.9. The molecule has 0 N–H and O–H groups in total. The van der Waals surface area contributed by atoms with Crippen molar-refractivity contribution in [1.82, 2.24) is 0 Å². The molecule has 0 aliphatic carbocycles. The Labute approximate surface area is 123 Å². The zero-order valence-corrected chi connectivity index (χ0v) is 13.4. The molecule has 1 aromatic carbocycles. The average molecular weight is 342 g/mol. The van der Waals surface area contributed by atoms with E-state index >= 15 is 0 Å². The first kappa shape index (κ1) is 16.4. The van der Waals surface area contributed by atoms with Crippen LogP contribution in [0.3, 0.4) is 0 Å². The molecule has 0 heterocycles. The predicted molar refractivity (Wildman–Crippen MR) is 74.5 cm³/mol. The summed E-state index contributed by atoms with van der Waals surface area (Å²) in [5.41, 5.74) is -0.156. The predicted octanol–water partition coefficient (Wildman–Crippen LogP) is 0.898. The summed E-state index contributed by atoms with van der Waals surface area (Å²) in [6, 6.07) is 6.29. The van der Waals surface area contributed by atoms with Gasteiger partial charge >= 0.3 is 123 Å². The van der Waals surface area contributed by atoms with Crippen molar-refractivity contribution in [3.05, 3.63) is 40.5 Å². The topological polar surface area (TPSA) is 52.6 Å². The summed E-state index contributed by atoms with van der Waals surface area (Å²) in [5, 5.41) is 0. The molecule has 0 aliphatic heterocycles. The van der Waals surface area contributed by atoms with Crippen LogP contribution in [-0.4, -0.2) is 40.9 Å². The van der Waals surface area contributed by atoms with Gasteiger partial charge in [-0.1, -0.05) is 0 Å². The van der Waals surface area contributed by atoms with Gasteiger partial charge in [-0.2, -0.15) is 0 Å². The molecule has 0 amide bonds. The van der Waals surface area contributed by atoms with Gasteiger partial charge < -0.3 is 0 Å². The van der Waals surface area contributed by atoms with Crippen LogP contribution < -0.4 is 4.35 Å². The maximum atomic E-state index is 13.5. The normalized spacial score (nSPS) is 10.3. The van der Waals surface area contributed by atoms with E-state index in [0.29, 0.717) is 4.35 Å². The van der Waals surface area contributed by atoms with Crippen molar-refractivity contribution in [1.29, 1.82) is 0 Å². The summed E-state index contributed by atoms with van der Waals surface area (Å²) in [6.07, 6.45) is 0. The zero-order chi connectivity index (χ0) is 15.0. The molecule has 0 fully saturated rings. The SMILES string of the molecule is CCOC(=O)C(=C[AsH]c1ccccc1F)C(=O)OCC. The first-order valence-electron chi connectivity index (χ1n) is 6.15. The molecule has 4 nitrogen and oxygen atoms in total. The van der Waals surface area contributed by atoms with E-state index in [1.807, 2.05) is 0 Å². The molecule has 0 aromatic heterocycles. The number of hydrogen-bond acceptors (Lipinski definition) is 4. The maximum absolute atomic E-state index is 13.5. The second-order valence-electron chi connectivity index (χ2n) is 3.62. The van der Waals surface area contributed by atoms with Gasteiger partial charge in [0.1, 0.15) is 0 Å². The van der Waals surface area contributed by atoms with Crippen molar-refractivity contribution in [2.24, 2.45) is 0 Å². The van der Waals surface area contributed by atoms with Crippen LogP contribution in [0.4, 0.5) is 4.39 Å². The summed E-state index contributed by atoms with van der Waals surface area (Å²) >= 11 is -1.11. The average Bonchev–Trinajstić information content (AvgIpc) is 2.41. The molecule has 0 spiro atoms. The van der Waals surface area contributed by atoms with E-state index in [1.54, 1.807) is 32.0 Å². The van der Waals surface area contributed by atoms with Gasteiger partial charge in [-0.25, -0.2) is 0 Å². The molecule has 6 heteroatoms. The number of carbonyl (C=O) groups is 2. The summed E-state index contributed by atoms with van der Waals surface area (Å²) < 4.78 is 23.6. The molecule has 1 unspecified atom stereocenters. The number of hydrogen-bond donors (Lipinski definition) is 0. The summed E-state index contributed by atoms with van der Waals surface area (Å²) in [5.74, 6) is -1.80. The Hall–Kier alpha value is -1.61. The fourth-order valence-corrected chi connectivity index (χ4v) is 3.34. The van der Waals surface area contributed by atoms with Gasteiger partial charge in [0.05, 0.1) is 0 Å². The van der Waals surface area contributed by atoms with Gasteiger partial charge in [-0.05, 0) is 0 Å². The van der Waals surface area contributed by atoms with Gasteiger partial charge in [0.2, 0.25) is 0 Å². The van der Waals surface area contributed by atoms with E-state index < -0.39 is 27.7 Å². The number of benzene rings is 1. The van der Waals surface area contributed by atoms with Crippen LogP contribution in [0.5, 0.6) is 0 Å². The van der Waals surface area contributed by atoms with Crippen LogP contribution in [0.15, 0.2) is 34.7 Å². The van der Waals surface area contributed by atoms with Crippen molar-refractivity contribution in [3.63, 3.8) is 0 Å². The fourth-order valence-electron chi connectivity index (χ4n) is 1.35. The number of halogens is 1. The Morgan fingerprint density at radius 2 is 1.70 bits per heavy atom. The monoisotopic (exact) mass is 342 g/mol. The molecule has 0 saturated carbocycles. The van der Waals surface area contributed by atoms with Gasteiger partial charge in [-0.15, -0.1) is 0 Å². The van der Waals surface area contributed by atoms with Crippen molar-refractivity contribution in [3.8, 4) is 0 Å². The molecule has 0 aliphatic rings. The Kier molecular flexibility index (Phi) is 7.02. The van der Waals surface area contributed by atoms with Crippen LogP contribution in [0.1, 0.15) is 13.8 Å². The van der Waals surface area contributed by atoms with E-state index in [9.17, 15) is 14.0 Å². The molecule has 108 valence electrons. The Balaban J connectivity index is 2.92. The first-order chi connectivity index (χ1) is 9.60. The van der Waals surface area contributed by atoms with Crippen molar-refractivity contribution < 1.29 is 23.5 Å². The standard InChI is InChI=1S/C14H16AsFO4/c1-3-19-13(17)10(14(18)20-4-2)9-15-11-7-5-6-8-12(11)16/h5-9,15H,3-4H2,1-2H3. The third-order valence-corrected chi connectivity index (χ3v) is 4.65. The van der Waals surface area contributed by atoms with Gasteiger partial charge in [-0.3, -0.25) is 0 Å². The molecule has 0 saturated heterocycles. The van der Waals surface area contributed by atoms with Gasteiger partial charge in [0, 0.05) is 0 Å². The number of esters is 2. The van der Waals surface area contributed by atoms with E-state index in [4.69, 9.17) is 9.47 Å². The fraction of sp³-hybridized carbons (Fsp3) is 0.286. The molecule has 0 bridgehead atoms. The van der Waals surface area contributed by atoms with Crippen LogP contribution in [0, 0.1) is 5.82 Å². The first-order valence-corrected chi connectivity index (χ1v) is 8.41. The molecule has 0 radical (unpaired) electrons. The molecule has 20 heavy (non-hydrogen) atoms. The second-order valence-corrected chi connectivity index (χ2v) is 5.96. The van der Waals surface area contributed by atoms with Crippen molar-refractivity contribution >= 4 is 32.0 Å². The summed E-state index contributed by atoms with van der Waals surface area (Å²) in [6.45, 7) is 3.62. The molecule has 1 rings (SSSR count). The van der Waals surface area contributed by atoms with E-state index in [0.717, 1.165) is 0 Å². The van der Waals surface area contributed by atoms with Gasteiger partial charge in [0.15, 0.2) is 0 Å². The van der Waals surface area contributed by atoms with E-state index in [-0.39, 0.29) is 24.6 Å². The minimum absolute atomic E-state index is 0.156. The van der Waals surface area contributed by atoms with Crippen LogP contribution in [0.25, 0.3) is 0 Å². The molecular weight excluding hydrogens is 326 g/mol. The van der Waals surface area contributed by atoms with E-state index in [2.05, 4.69) is 0 Å². The Morgan fingerprint density at radius 1 is 1.15 bits per heavy atom. The number of carbonyl (C=O) groups excluding carboxylic acids is 2. The van der Waals surface area contributed by atoms with Gasteiger partial charge in [0.25, 0.3) is 0 Å². The van der Waals surface area contributed by atoms with Crippen LogP contribution in [0.2, 0.25) is 0 Å². The molecule has 1 atom stereocenters. The third kappa shape index (κ3) is 4.82. The minimum atomic E-state index is -1.11. The van der Waals surface area contributed by atoms with Crippen molar-refractivity contribution in [2.75, 3.05) is 13.2 Å². The molecular formula is C14H16AsFO4. The summed E-state index contributed by atoms with van der Waals surface area (Å²) in [7, 11) is 0. The third-order valence-electron chi connectivity index (χ3n) is 2.24. The quantitative estimate of drug-likeness (QED) is 0.253. The van der Waals surface area contributed by atoms with Crippen LogP contribution >= 0.6 is 0 Å². The van der Waals surface area contributed by atoms with Crippen LogP contribution in [-0.2, 0) is 19.1 Å². The number of rotatable bonds is 6. The molecule has 1 aromatic rings. The van der Waals surface area contributed by atoms with Crippen molar-refractivity contribution in [2.45, 2.75) is 13.8 Å². The number of ether oxygens (including phenoxy) is 2. The van der Waals surface area contributed by atoms with E-state index in [1.165, 1.54) is 10.9 Å². The zero-order valence-electron chi connectivity index (χ0n) is 11.3. The Bertz CT molecular complexity index is 494. The second kappa shape index (κ2) is 8.54.